The summed E-state index contributed by atoms with van der Waals surface area (Å²) in [5.74, 6) is -2.74. The Hall–Kier alpha value is -0.220. The molecule has 0 radical (unpaired) electrons. The molecule has 0 aliphatic carbocycles. The van der Waals surface area contributed by atoms with Crippen molar-refractivity contribution in [3.63, 3.8) is 0 Å². The zero-order valence-corrected chi connectivity index (χ0v) is 6.48. The molecule has 66 valence electrons. The van der Waals surface area contributed by atoms with Crippen LogP contribution in [-0.2, 0) is 0 Å². The fourth-order valence-corrected chi connectivity index (χ4v) is 1.41. The lowest BCUT2D eigenvalue weighted by Gasteiger charge is -2.33. The molecular weight excluding hydrogens is 152 g/mol. The first kappa shape index (κ1) is 8.87. The van der Waals surface area contributed by atoms with Gasteiger partial charge in [-0.15, -0.1) is 0 Å². The van der Waals surface area contributed by atoms with Gasteiger partial charge < -0.3 is 10.4 Å². The molecular formula is C7H13F2NO. The van der Waals surface area contributed by atoms with Crippen molar-refractivity contribution in [3.8, 4) is 0 Å². The van der Waals surface area contributed by atoms with Crippen molar-refractivity contribution >= 4 is 0 Å². The van der Waals surface area contributed by atoms with Gasteiger partial charge in [-0.25, -0.2) is 8.78 Å². The minimum atomic E-state index is -2.59. The minimum absolute atomic E-state index is 0.0583. The zero-order chi connectivity index (χ0) is 8.48. The number of aliphatic hydroxyl groups excluding tert-OH is 1. The first-order valence-corrected chi connectivity index (χ1v) is 3.77. The van der Waals surface area contributed by atoms with E-state index in [9.17, 15) is 8.78 Å². The molecule has 2 atom stereocenters. The molecule has 0 aromatic rings. The van der Waals surface area contributed by atoms with Gasteiger partial charge in [0, 0.05) is 12.5 Å². The number of rotatable bonds is 1. The summed E-state index contributed by atoms with van der Waals surface area (Å²) in [7, 11) is 0. The Morgan fingerprint density at radius 2 is 2.27 bits per heavy atom. The van der Waals surface area contributed by atoms with E-state index in [0.29, 0.717) is 0 Å². The summed E-state index contributed by atoms with van der Waals surface area (Å²) in [5.41, 5.74) is 0. The van der Waals surface area contributed by atoms with Gasteiger partial charge in [-0.1, -0.05) is 6.92 Å². The van der Waals surface area contributed by atoms with E-state index in [-0.39, 0.29) is 31.5 Å². The first-order valence-electron chi connectivity index (χ1n) is 3.77. The molecule has 0 amide bonds. The second-order valence-electron chi connectivity index (χ2n) is 3.21. The molecule has 1 heterocycles. The molecule has 11 heavy (non-hydrogen) atoms. The Bertz CT molecular complexity index is 140. The number of alkyl halides is 2. The number of hydrogen-bond acceptors (Lipinski definition) is 2. The van der Waals surface area contributed by atoms with Gasteiger partial charge in [-0.2, -0.15) is 0 Å². The fourth-order valence-electron chi connectivity index (χ4n) is 1.41. The molecule has 0 unspecified atom stereocenters. The highest BCUT2D eigenvalue weighted by molar-refractivity contribution is 4.86. The Morgan fingerprint density at radius 3 is 2.73 bits per heavy atom. The van der Waals surface area contributed by atoms with Crippen molar-refractivity contribution in [3.05, 3.63) is 0 Å². The van der Waals surface area contributed by atoms with Crippen LogP contribution in [0.3, 0.4) is 0 Å². The van der Waals surface area contributed by atoms with Crippen LogP contribution in [0.1, 0.15) is 13.3 Å². The number of piperidine rings is 1. The quantitative estimate of drug-likeness (QED) is 0.596. The average molecular weight is 165 g/mol. The van der Waals surface area contributed by atoms with Gasteiger partial charge in [0.15, 0.2) is 0 Å². The third-order valence-corrected chi connectivity index (χ3v) is 2.13. The van der Waals surface area contributed by atoms with E-state index in [0.717, 1.165) is 0 Å². The molecule has 1 fully saturated rings. The maximum absolute atomic E-state index is 12.6. The van der Waals surface area contributed by atoms with Crippen LogP contribution in [0.4, 0.5) is 8.78 Å². The van der Waals surface area contributed by atoms with Gasteiger partial charge in [0.2, 0.25) is 0 Å². The van der Waals surface area contributed by atoms with Crippen molar-refractivity contribution in [2.75, 3.05) is 13.2 Å². The van der Waals surface area contributed by atoms with Crippen LogP contribution in [0.2, 0.25) is 0 Å². The van der Waals surface area contributed by atoms with E-state index in [1.54, 1.807) is 6.92 Å². The average Bonchev–Trinajstić information content (AvgIpc) is 1.86. The lowest BCUT2D eigenvalue weighted by atomic mass is 9.91. The van der Waals surface area contributed by atoms with Crippen LogP contribution in [0.15, 0.2) is 0 Å². The van der Waals surface area contributed by atoms with Crippen LogP contribution < -0.4 is 5.32 Å². The van der Waals surface area contributed by atoms with E-state index in [2.05, 4.69) is 5.32 Å². The summed E-state index contributed by atoms with van der Waals surface area (Å²) in [4.78, 5) is 0. The van der Waals surface area contributed by atoms with Gasteiger partial charge in [0.05, 0.1) is 13.2 Å². The Balaban J connectivity index is 2.48. The van der Waals surface area contributed by atoms with E-state index in [1.807, 2.05) is 0 Å². The topological polar surface area (TPSA) is 32.3 Å². The monoisotopic (exact) mass is 165 g/mol. The van der Waals surface area contributed by atoms with Crippen LogP contribution in [-0.4, -0.2) is 30.2 Å². The van der Waals surface area contributed by atoms with E-state index in [4.69, 9.17) is 5.11 Å². The highest BCUT2D eigenvalue weighted by atomic mass is 19.3. The minimum Gasteiger partial charge on any atom is -0.395 e. The van der Waals surface area contributed by atoms with Crippen LogP contribution in [0.5, 0.6) is 0 Å². The van der Waals surface area contributed by atoms with Crippen molar-refractivity contribution in [1.82, 2.24) is 5.32 Å². The lowest BCUT2D eigenvalue weighted by molar-refractivity contribution is -0.0541. The Morgan fingerprint density at radius 1 is 1.64 bits per heavy atom. The van der Waals surface area contributed by atoms with Crippen LogP contribution in [0, 0.1) is 5.92 Å². The largest absolute Gasteiger partial charge is 0.395 e. The second kappa shape index (κ2) is 3.03. The molecule has 2 N–H and O–H groups in total. The first-order chi connectivity index (χ1) is 5.05. The van der Waals surface area contributed by atoms with Gasteiger partial charge in [0.25, 0.3) is 5.92 Å². The smallest absolute Gasteiger partial charge is 0.260 e. The normalized spacial score (nSPS) is 37.1. The highest BCUT2D eigenvalue weighted by Crippen LogP contribution is 2.28. The van der Waals surface area contributed by atoms with Crippen molar-refractivity contribution in [1.29, 1.82) is 0 Å². The fraction of sp³-hybridized carbons (Fsp3) is 1.00. The molecule has 1 saturated heterocycles. The third-order valence-electron chi connectivity index (χ3n) is 2.13. The molecule has 0 spiro atoms. The molecule has 1 rings (SSSR count). The molecule has 0 bridgehead atoms. The maximum atomic E-state index is 12.6. The highest BCUT2D eigenvalue weighted by Gasteiger charge is 2.38. The molecule has 1 aliphatic heterocycles. The Labute approximate surface area is 64.6 Å². The lowest BCUT2D eigenvalue weighted by Crippen LogP contribution is -2.51. The molecule has 2 nitrogen and oxygen atoms in total. The summed E-state index contributed by atoms with van der Waals surface area (Å²) in [6, 6.07) is -0.158. The number of aliphatic hydroxyl groups is 1. The van der Waals surface area contributed by atoms with Crippen LogP contribution in [0.25, 0.3) is 0 Å². The summed E-state index contributed by atoms with van der Waals surface area (Å²) in [6.45, 7) is 1.36. The van der Waals surface area contributed by atoms with Crippen molar-refractivity contribution in [2.45, 2.75) is 25.3 Å². The van der Waals surface area contributed by atoms with Gasteiger partial charge in [-0.05, 0) is 5.92 Å². The standard InChI is InChI=1S/C7H13F2NO/c1-5-2-7(8,9)4-10-6(5)3-11/h5-6,10-11H,2-4H2,1H3/t5-,6-/m1/s1. The molecule has 0 aromatic carbocycles. The summed E-state index contributed by atoms with van der Waals surface area (Å²) in [5, 5.41) is 11.3. The third kappa shape index (κ3) is 2.10. The predicted octanol–water partition coefficient (Wildman–Crippen LogP) is 0.612. The molecule has 0 aromatic heterocycles. The molecule has 0 saturated carbocycles. The van der Waals surface area contributed by atoms with Gasteiger partial charge in [0.1, 0.15) is 0 Å². The zero-order valence-electron chi connectivity index (χ0n) is 6.48. The van der Waals surface area contributed by atoms with Crippen LogP contribution >= 0.6 is 0 Å². The maximum Gasteiger partial charge on any atom is 0.260 e. The molecule has 4 heteroatoms. The van der Waals surface area contributed by atoms with E-state index < -0.39 is 5.92 Å². The van der Waals surface area contributed by atoms with Crippen molar-refractivity contribution < 1.29 is 13.9 Å². The predicted molar refractivity (Wildman–Crippen MR) is 37.6 cm³/mol. The second-order valence-corrected chi connectivity index (χ2v) is 3.21. The van der Waals surface area contributed by atoms with E-state index >= 15 is 0 Å². The van der Waals surface area contributed by atoms with E-state index in [1.165, 1.54) is 0 Å². The number of halogens is 2. The SMILES string of the molecule is C[C@@H]1CC(F)(F)CN[C@@H]1CO. The van der Waals surface area contributed by atoms with Crippen molar-refractivity contribution in [2.24, 2.45) is 5.92 Å². The molecule has 1 aliphatic rings. The summed E-state index contributed by atoms with van der Waals surface area (Å²) in [6.07, 6.45) is -0.120. The Kier molecular flexibility index (Phi) is 2.44. The van der Waals surface area contributed by atoms with Gasteiger partial charge >= 0.3 is 0 Å². The number of hydrogen-bond donors (Lipinski definition) is 2. The summed E-state index contributed by atoms with van der Waals surface area (Å²) < 4.78 is 25.2. The summed E-state index contributed by atoms with van der Waals surface area (Å²) >= 11 is 0. The number of nitrogens with one attached hydrogen (secondary N) is 1. The van der Waals surface area contributed by atoms with Gasteiger partial charge in [-0.3, -0.25) is 0 Å².